The van der Waals surface area contributed by atoms with E-state index in [1.807, 2.05) is 0 Å². The van der Waals surface area contributed by atoms with Crippen molar-refractivity contribution < 1.29 is 4.79 Å². The van der Waals surface area contributed by atoms with E-state index in [-0.39, 0.29) is 23.1 Å². The molecule has 1 aromatic rings. The molecule has 2 fully saturated rings. The molecule has 3 unspecified atom stereocenters. The number of carbonyl (C=O) groups is 1. The smallest absolute Gasteiger partial charge is 0.343 e. The van der Waals surface area contributed by atoms with Crippen LogP contribution < -0.4 is 11.0 Å². The summed E-state index contributed by atoms with van der Waals surface area (Å²) in [7, 11) is 0. The maximum absolute atomic E-state index is 12.5. The molecule has 6 nitrogen and oxygen atoms in total. The van der Waals surface area contributed by atoms with E-state index in [2.05, 4.69) is 43.2 Å². The highest BCUT2D eigenvalue weighted by Crippen LogP contribution is 2.65. The number of hydrogen-bond donors (Lipinski definition) is 2. The zero-order chi connectivity index (χ0) is 18.2. The van der Waals surface area contributed by atoms with Crippen molar-refractivity contribution in [3.8, 4) is 0 Å². The lowest BCUT2D eigenvalue weighted by atomic mass is 9.69. The Labute approximate surface area is 153 Å². The first-order valence-corrected chi connectivity index (χ1v) is 10.4. The van der Waals surface area contributed by atoms with E-state index >= 15 is 0 Å². The number of H-pyrrole nitrogens is 1. The summed E-state index contributed by atoms with van der Waals surface area (Å²) in [6.07, 6.45) is 5.50. The van der Waals surface area contributed by atoms with Crippen molar-refractivity contribution in [1.29, 1.82) is 0 Å². The van der Waals surface area contributed by atoms with E-state index in [0.29, 0.717) is 28.8 Å². The van der Waals surface area contributed by atoms with Crippen LogP contribution in [0.15, 0.2) is 9.95 Å². The van der Waals surface area contributed by atoms with Crippen LogP contribution in [-0.4, -0.2) is 32.5 Å². The molecule has 0 radical (unpaired) electrons. The summed E-state index contributed by atoms with van der Waals surface area (Å²) in [6.45, 7) is 9.76. The van der Waals surface area contributed by atoms with Gasteiger partial charge in [0.1, 0.15) is 0 Å². The fraction of sp³-hybridized carbons (Fsp3) is 0.833. The molecule has 25 heavy (non-hydrogen) atoms. The molecule has 2 N–H and O–H groups in total. The Morgan fingerprint density at radius 1 is 1.44 bits per heavy atom. The molecule has 1 amide bonds. The fourth-order valence-electron chi connectivity index (χ4n) is 4.71. The van der Waals surface area contributed by atoms with E-state index in [1.54, 1.807) is 4.57 Å². The number of nitrogens with zero attached hydrogens (tertiary/aromatic N) is 2. The number of amides is 1. The van der Waals surface area contributed by atoms with Crippen LogP contribution in [-0.2, 0) is 11.3 Å². The number of nitrogens with one attached hydrogen (secondary N) is 2. The highest BCUT2D eigenvalue weighted by Gasteiger charge is 2.61. The van der Waals surface area contributed by atoms with Crippen LogP contribution in [0.3, 0.4) is 0 Å². The molecular weight excluding hydrogens is 336 g/mol. The van der Waals surface area contributed by atoms with Gasteiger partial charge in [-0.25, -0.2) is 9.89 Å². The minimum Gasteiger partial charge on any atom is -0.352 e. The summed E-state index contributed by atoms with van der Waals surface area (Å²) >= 11 is 1.34. The Hall–Kier alpha value is -1.24. The van der Waals surface area contributed by atoms with Crippen LogP contribution in [0.1, 0.15) is 59.8 Å². The lowest BCUT2D eigenvalue weighted by Crippen LogP contribution is -2.47. The van der Waals surface area contributed by atoms with Gasteiger partial charge in [-0.15, -0.1) is 5.10 Å². The fourth-order valence-corrected chi connectivity index (χ4v) is 5.50. The number of rotatable bonds is 7. The number of fused-ring (bicyclic) bond motifs is 2. The molecule has 3 rings (SSSR count). The first-order chi connectivity index (χ1) is 11.8. The maximum atomic E-state index is 12.5. The van der Waals surface area contributed by atoms with Crippen LogP contribution >= 0.6 is 11.8 Å². The van der Waals surface area contributed by atoms with Crippen LogP contribution in [0, 0.1) is 16.7 Å². The molecule has 2 bridgehead atoms. The molecule has 140 valence electrons. The number of thioether (sulfide) groups is 1. The molecule has 0 saturated heterocycles. The van der Waals surface area contributed by atoms with Gasteiger partial charge in [0.15, 0.2) is 5.16 Å². The molecule has 2 aliphatic rings. The second-order valence-electron chi connectivity index (χ2n) is 8.34. The van der Waals surface area contributed by atoms with Gasteiger partial charge in [0.25, 0.3) is 0 Å². The lowest BCUT2D eigenvalue weighted by molar-refractivity contribution is -0.120. The maximum Gasteiger partial charge on any atom is 0.343 e. The quantitative estimate of drug-likeness (QED) is 0.727. The molecule has 7 heteroatoms. The molecule has 0 spiro atoms. The SMILES string of the molecule is CCCCn1c(SCC(=O)NC2CC3CCC2(C)C3(C)C)n[nH]c1=O. The summed E-state index contributed by atoms with van der Waals surface area (Å²) in [6, 6.07) is 0.260. The van der Waals surface area contributed by atoms with Crippen LogP contribution in [0.25, 0.3) is 0 Å². The molecule has 1 aromatic heterocycles. The van der Waals surface area contributed by atoms with Crippen LogP contribution in [0.4, 0.5) is 0 Å². The van der Waals surface area contributed by atoms with Crippen molar-refractivity contribution in [2.24, 2.45) is 16.7 Å². The number of unbranched alkanes of at least 4 members (excludes halogenated alkanes) is 1. The zero-order valence-corrected chi connectivity index (χ0v) is 16.5. The van der Waals surface area contributed by atoms with Gasteiger partial charge in [-0.2, -0.15) is 0 Å². The van der Waals surface area contributed by atoms with Gasteiger partial charge in [-0.3, -0.25) is 9.36 Å². The van der Waals surface area contributed by atoms with Crippen molar-refractivity contribution in [2.45, 2.75) is 77.5 Å². The van der Waals surface area contributed by atoms with Crippen molar-refractivity contribution in [3.05, 3.63) is 10.5 Å². The van der Waals surface area contributed by atoms with Gasteiger partial charge in [0, 0.05) is 12.6 Å². The van der Waals surface area contributed by atoms with Gasteiger partial charge >= 0.3 is 5.69 Å². The normalized spacial score (nSPS) is 29.9. The molecule has 3 atom stereocenters. The summed E-state index contributed by atoms with van der Waals surface area (Å²) in [5, 5.41) is 10.4. The molecule has 0 aromatic carbocycles. The molecule has 2 aliphatic carbocycles. The third-order valence-corrected chi connectivity index (χ3v) is 7.90. The van der Waals surface area contributed by atoms with Crippen LogP contribution in [0.2, 0.25) is 0 Å². The Kier molecular flexibility index (Phi) is 5.06. The highest BCUT2D eigenvalue weighted by atomic mass is 32.2. The molecule has 1 heterocycles. The minimum atomic E-state index is -0.196. The van der Waals surface area contributed by atoms with Gasteiger partial charge in [-0.05, 0) is 42.4 Å². The van der Waals surface area contributed by atoms with Gasteiger partial charge in [0.05, 0.1) is 5.75 Å². The second-order valence-corrected chi connectivity index (χ2v) is 9.28. The van der Waals surface area contributed by atoms with Crippen molar-refractivity contribution in [2.75, 3.05) is 5.75 Å². The summed E-state index contributed by atoms with van der Waals surface area (Å²) in [5.41, 5.74) is 0.285. The van der Waals surface area contributed by atoms with E-state index in [1.165, 1.54) is 24.6 Å². The van der Waals surface area contributed by atoms with Crippen molar-refractivity contribution >= 4 is 17.7 Å². The van der Waals surface area contributed by atoms with Gasteiger partial charge in [0.2, 0.25) is 5.91 Å². The predicted molar refractivity (Wildman–Crippen MR) is 99.6 cm³/mol. The average Bonchev–Trinajstić information content (AvgIpc) is 3.08. The van der Waals surface area contributed by atoms with E-state index in [9.17, 15) is 9.59 Å². The number of aromatic nitrogens is 3. The predicted octanol–water partition coefficient (Wildman–Crippen LogP) is 2.79. The molecular formula is C18H30N4O2S. The lowest BCUT2D eigenvalue weighted by Gasteiger charge is -2.39. The first kappa shape index (κ1) is 18.5. The Bertz CT molecular complexity index is 695. The summed E-state index contributed by atoms with van der Waals surface area (Å²) < 4.78 is 1.63. The summed E-state index contributed by atoms with van der Waals surface area (Å²) in [4.78, 5) is 24.3. The zero-order valence-electron chi connectivity index (χ0n) is 15.7. The number of hydrogen-bond acceptors (Lipinski definition) is 4. The Morgan fingerprint density at radius 3 is 2.80 bits per heavy atom. The van der Waals surface area contributed by atoms with E-state index < -0.39 is 0 Å². The third kappa shape index (κ3) is 3.15. The van der Waals surface area contributed by atoms with Crippen molar-refractivity contribution in [1.82, 2.24) is 20.1 Å². The number of aromatic amines is 1. The standard InChI is InChI=1S/C18H30N4O2S/c1-5-6-9-22-15(24)20-21-16(22)25-11-14(23)19-13-10-12-7-8-18(13,4)17(12,2)3/h12-13H,5-11H2,1-4H3,(H,19,23)(H,20,24). The van der Waals surface area contributed by atoms with Gasteiger partial charge in [-0.1, -0.05) is 45.9 Å². The second kappa shape index (κ2) is 6.82. The van der Waals surface area contributed by atoms with Gasteiger partial charge < -0.3 is 5.32 Å². The topological polar surface area (TPSA) is 79.8 Å². The number of carbonyl (C=O) groups excluding carboxylic acids is 1. The Morgan fingerprint density at radius 2 is 2.20 bits per heavy atom. The minimum absolute atomic E-state index is 0.0389. The molecule has 2 saturated carbocycles. The largest absolute Gasteiger partial charge is 0.352 e. The van der Waals surface area contributed by atoms with Crippen molar-refractivity contribution in [3.63, 3.8) is 0 Å². The molecule has 0 aliphatic heterocycles. The first-order valence-electron chi connectivity index (χ1n) is 9.37. The third-order valence-electron chi connectivity index (χ3n) is 6.92. The Balaban J connectivity index is 1.57. The highest BCUT2D eigenvalue weighted by molar-refractivity contribution is 7.99. The average molecular weight is 367 g/mol. The monoisotopic (exact) mass is 366 g/mol. The van der Waals surface area contributed by atoms with E-state index in [4.69, 9.17) is 0 Å². The van der Waals surface area contributed by atoms with E-state index in [0.717, 1.165) is 19.3 Å². The van der Waals surface area contributed by atoms with Crippen LogP contribution in [0.5, 0.6) is 0 Å². The summed E-state index contributed by atoms with van der Waals surface area (Å²) in [5.74, 6) is 1.05.